The van der Waals surface area contributed by atoms with Crippen LogP contribution in [0.2, 0.25) is 0 Å². The Labute approximate surface area is 87.7 Å². The first-order chi connectivity index (χ1) is 6.61. The number of rotatable bonds is 4. The van der Waals surface area contributed by atoms with E-state index >= 15 is 0 Å². The monoisotopic (exact) mass is 190 g/mol. The van der Waals surface area contributed by atoms with Crippen LogP contribution in [0.3, 0.4) is 0 Å². The Bertz CT molecular complexity index is 266. The highest BCUT2D eigenvalue weighted by Gasteiger charge is 2.27. The Morgan fingerprint density at radius 1 is 1.21 bits per heavy atom. The molecule has 0 aliphatic rings. The van der Waals surface area contributed by atoms with Gasteiger partial charge >= 0.3 is 0 Å². The van der Waals surface area contributed by atoms with Crippen LogP contribution < -0.4 is 0 Å². The summed E-state index contributed by atoms with van der Waals surface area (Å²) in [4.78, 5) is 2.20. The van der Waals surface area contributed by atoms with Gasteiger partial charge in [-0.1, -0.05) is 43.7 Å². The van der Waals surface area contributed by atoms with E-state index in [2.05, 4.69) is 57.1 Å². The molecule has 0 N–H and O–H groups in total. The van der Waals surface area contributed by atoms with Gasteiger partial charge < -0.3 is 0 Å². The number of nitrogens with zero attached hydrogens (tertiary/aromatic N) is 1. The van der Waals surface area contributed by atoms with E-state index in [0.29, 0.717) is 0 Å². The summed E-state index contributed by atoms with van der Waals surface area (Å²) in [6.07, 6.45) is 2.24. The zero-order valence-corrected chi connectivity index (χ0v) is 9.46. The average Bonchev–Trinajstić information content (AvgIpc) is 2.19. The highest BCUT2D eigenvalue weighted by Crippen LogP contribution is 2.30. The van der Waals surface area contributed by atoms with Gasteiger partial charge in [-0.15, -0.1) is 0 Å². The molecule has 1 aromatic carbocycles. The second-order valence-corrected chi connectivity index (χ2v) is 4.04. The number of hydrogen-bond donors (Lipinski definition) is 0. The molecule has 1 aromatic rings. The Balaban J connectivity index is 2.99. The van der Waals surface area contributed by atoms with Crippen molar-refractivity contribution >= 4 is 0 Å². The molecule has 0 amide bonds. The van der Waals surface area contributed by atoms with E-state index in [0.717, 1.165) is 12.8 Å². The molecule has 14 heavy (non-hydrogen) atoms. The minimum Gasteiger partial charge on any atom is -0.300 e. The molecule has 77 valence electrons. The zero-order chi connectivity index (χ0) is 10.6. The predicted molar refractivity (Wildman–Crippen MR) is 62.1 cm³/mol. The SMILES string of the molecule is [CH2]C(CCC)(c1ccccc1)N(C)C. The van der Waals surface area contributed by atoms with Crippen LogP contribution in [0.5, 0.6) is 0 Å². The smallest absolute Gasteiger partial charge is 0.0455 e. The maximum Gasteiger partial charge on any atom is 0.0455 e. The van der Waals surface area contributed by atoms with Crippen molar-refractivity contribution in [3.8, 4) is 0 Å². The Morgan fingerprint density at radius 2 is 1.79 bits per heavy atom. The zero-order valence-electron chi connectivity index (χ0n) is 9.46. The van der Waals surface area contributed by atoms with Gasteiger partial charge in [-0.3, -0.25) is 4.90 Å². The standard InChI is InChI=1S/C13H20N/c1-5-11-13(2,14(3)4)12-9-7-6-8-10-12/h6-10H,2,5,11H2,1,3-4H3. The van der Waals surface area contributed by atoms with Crippen molar-refractivity contribution in [1.82, 2.24) is 4.90 Å². The third kappa shape index (κ3) is 2.16. The van der Waals surface area contributed by atoms with Gasteiger partial charge in [-0.25, -0.2) is 0 Å². The Hall–Kier alpha value is -0.820. The molecule has 1 unspecified atom stereocenters. The van der Waals surface area contributed by atoms with Gasteiger partial charge in [0, 0.05) is 5.54 Å². The lowest BCUT2D eigenvalue weighted by atomic mass is 9.86. The van der Waals surface area contributed by atoms with Crippen LogP contribution in [-0.4, -0.2) is 19.0 Å². The van der Waals surface area contributed by atoms with Crippen LogP contribution in [0.4, 0.5) is 0 Å². The van der Waals surface area contributed by atoms with Crippen molar-refractivity contribution in [2.45, 2.75) is 25.3 Å². The third-order valence-electron chi connectivity index (χ3n) is 2.83. The lowest BCUT2D eigenvalue weighted by Gasteiger charge is -2.37. The topological polar surface area (TPSA) is 3.24 Å². The van der Waals surface area contributed by atoms with Gasteiger partial charge in [-0.2, -0.15) is 0 Å². The van der Waals surface area contributed by atoms with E-state index in [1.807, 2.05) is 6.07 Å². The van der Waals surface area contributed by atoms with Crippen molar-refractivity contribution in [3.63, 3.8) is 0 Å². The van der Waals surface area contributed by atoms with Crippen LogP contribution in [0, 0.1) is 6.92 Å². The highest BCUT2D eigenvalue weighted by atomic mass is 15.1. The molecule has 0 aromatic heterocycles. The largest absolute Gasteiger partial charge is 0.300 e. The minimum absolute atomic E-state index is 0.0734. The second-order valence-electron chi connectivity index (χ2n) is 4.04. The summed E-state index contributed by atoms with van der Waals surface area (Å²) in [5.41, 5.74) is 1.22. The van der Waals surface area contributed by atoms with E-state index in [-0.39, 0.29) is 5.54 Å². The summed E-state index contributed by atoms with van der Waals surface area (Å²) in [5, 5.41) is 0. The van der Waals surface area contributed by atoms with Gasteiger partial charge in [0.2, 0.25) is 0 Å². The van der Waals surface area contributed by atoms with Crippen molar-refractivity contribution in [2.75, 3.05) is 14.1 Å². The lowest BCUT2D eigenvalue weighted by molar-refractivity contribution is 0.190. The second kappa shape index (κ2) is 4.61. The molecule has 1 nitrogen and oxygen atoms in total. The average molecular weight is 190 g/mol. The molecule has 1 radical (unpaired) electrons. The van der Waals surface area contributed by atoms with Gasteiger partial charge in [0.25, 0.3) is 0 Å². The quantitative estimate of drug-likeness (QED) is 0.705. The maximum atomic E-state index is 4.35. The molecule has 0 heterocycles. The molecule has 0 saturated carbocycles. The van der Waals surface area contributed by atoms with Gasteiger partial charge in [-0.05, 0) is 33.0 Å². The van der Waals surface area contributed by atoms with E-state index in [4.69, 9.17) is 0 Å². The molecule has 1 rings (SSSR count). The van der Waals surface area contributed by atoms with Crippen LogP contribution in [0.25, 0.3) is 0 Å². The van der Waals surface area contributed by atoms with Crippen LogP contribution in [0.15, 0.2) is 30.3 Å². The number of hydrogen-bond acceptors (Lipinski definition) is 1. The fourth-order valence-corrected chi connectivity index (χ4v) is 1.79. The summed E-state index contributed by atoms with van der Waals surface area (Å²) in [6.45, 7) is 6.56. The maximum absolute atomic E-state index is 4.35. The van der Waals surface area contributed by atoms with E-state index in [9.17, 15) is 0 Å². The van der Waals surface area contributed by atoms with Crippen molar-refractivity contribution in [1.29, 1.82) is 0 Å². The molecule has 0 spiro atoms. The fourth-order valence-electron chi connectivity index (χ4n) is 1.79. The van der Waals surface area contributed by atoms with Crippen molar-refractivity contribution in [3.05, 3.63) is 42.8 Å². The summed E-state index contributed by atoms with van der Waals surface area (Å²) in [5.74, 6) is 0. The first-order valence-electron chi connectivity index (χ1n) is 5.19. The summed E-state index contributed by atoms with van der Waals surface area (Å²) in [7, 11) is 4.19. The summed E-state index contributed by atoms with van der Waals surface area (Å²) >= 11 is 0. The molecular formula is C13H20N. The van der Waals surface area contributed by atoms with Crippen LogP contribution in [-0.2, 0) is 5.54 Å². The molecule has 0 saturated heterocycles. The molecule has 0 aliphatic heterocycles. The molecule has 1 atom stereocenters. The van der Waals surface area contributed by atoms with Gasteiger partial charge in [0.05, 0.1) is 0 Å². The summed E-state index contributed by atoms with van der Waals surface area (Å²) in [6, 6.07) is 10.5. The summed E-state index contributed by atoms with van der Waals surface area (Å²) < 4.78 is 0. The molecule has 0 bridgehead atoms. The molecule has 0 fully saturated rings. The van der Waals surface area contributed by atoms with E-state index < -0.39 is 0 Å². The van der Waals surface area contributed by atoms with Crippen molar-refractivity contribution in [2.24, 2.45) is 0 Å². The van der Waals surface area contributed by atoms with Gasteiger partial charge in [0.15, 0.2) is 0 Å². The predicted octanol–water partition coefficient (Wildman–Crippen LogP) is 3.08. The minimum atomic E-state index is -0.0734. The Morgan fingerprint density at radius 3 is 2.21 bits per heavy atom. The molecule has 1 heteroatoms. The van der Waals surface area contributed by atoms with E-state index in [1.54, 1.807) is 0 Å². The van der Waals surface area contributed by atoms with E-state index in [1.165, 1.54) is 5.56 Å². The molecular weight excluding hydrogens is 170 g/mol. The van der Waals surface area contributed by atoms with Crippen LogP contribution in [0.1, 0.15) is 25.3 Å². The highest BCUT2D eigenvalue weighted by molar-refractivity contribution is 5.25. The fraction of sp³-hybridized carbons (Fsp3) is 0.462. The lowest BCUT2D eigenvalue weighted by Crippen LogP contribution is -2.38. The Kier molecular flexibility index (Phi) is 3.70. The van der Waals surface area contributed by atoms with Crippen molar-refractivity contribution < 1.29 is 0 Å². The first-order valence-corrected chi connectivity index (χ1v) is 5.19. The van der Waals surface area contributed by atoms with Crippen LogP contribution >= 0.6 is 0 Å². The normalized spacial score (nSPS) is 15.5. The number of benzene rings is 1. The first kappa shape index (κ1) is 11.3. The van der Waals surface area contributed by atoms with Gasteiger partial charge in [0.1, 0.15) is 0 Å². The molecule has 0 aliphatic carbocycles. The third-order valence-corrected chi connectivity index (χ3v) is 2.83.